The van der Waals surface area contributed by atoms with Crippen molar-refractivity contribution in [3.8, 4) is 0 Å². The van der Waals surface area contributed by atoms with Crippen LogP contribution in [-0.2, 0) is 4.79 Å². The lowest BCUT2D eigenvalue weighted by Crippen LogP contribution is -2.35. The zero-order valence-electron chi connectivity index (χ0n) is 15.5. The quantitative estimate of drug-likeness (QED) is 0.587. The van der Waals surface area contributed by atoms with Crippen LogP contribution in [0.25, 0.3) is 0 Å². The fourth-order valence-electron chi connectivity index (χ4n) is 2.83. The normalized spacial score (nSPS) is 11.0. The lowest BCUT2D eigenvalue weighted by atomic mass is 10.1. The minimum Gasteiger partial charge on any atom is -0.324 e. The molecule has 1 amide bonds. The Bertz CT molecular complexity index is 440. The number of carbonyl (C=O) groups is 1. The van der Waals surface area contributed by atoms with Crippen LogP contribution in [0.5, 0.6) is 0 Å². The highest BCUT2D eigenvalue weighted by Crippen LogP contribution is 2.19. The Kier molecular flexibility index (Phi) is 9.61. The third-order valence-corrected chi connectivity index (χ3v) is 4.27. The molecule has 0 atom stereocenters. The van der Waals surface area contributed by atoms with Crippen LogP contribution >= 0.6 is 0 Å². The van der Waals surface area contributed by atoms with Crippen LogP contribution < -0.4 is 5.32 Å². The van der Waals surface area contributed by atoms with E-state index in [1.54, 1.807) is 0 Å². The van der Waals surface area contributed by atoms with E-state index in [1.165, 1.54) is 38.5 Å². The second-order valence-electron chi connectivity index (χ2n) is 6.51. The Morgan fingerprint density at radius 3 is 1.96 bits per heavy atom. The van der Waals surface area contributed by atoms with E-state index in [4.69, 9.17) is 0 Å². The van der Waals surface area contributed by atoms with E-state index in [2.05, 4.69) is 24.1 Å². The van der Waals surface area contributed by atoms with Crippen LogP contribution in [0.1, 0.15) is 63.5 Å². The number of nitrogens with zero attached hydrogens (tertiary/aromatic N) is 1. The molecule has 1 rings (SSSR count). The van der Waals surface area contributed by atoms with Gasteiger partial charge in [0.2, 0.25) is 5.91 Å². The number of carbonyl (C=O) groups excluding carboxylic acids is 1. The first-order chi connectivity index (χ1) is 11.1. The lowest BCUT2D eigenvalue weighted by Gasteiger charge is -2.22. The first-order valence-corrected chi connectivity index (χ1v) is 9.16. The van der Waals surface area contributed by atoms with Crippen molar-refractivity contribution in [2.45, 2.75) is 66.2 Å². The lowest BCUT2D eigenvalue weighted by molar-refractivity contribution is -0.117. The van der Waals surface area contributed by atoms with Gasteiger partial charge < -0.3 is 5.32 Å². The number of anilines is 1. The molecule has 0 aromatic heterocycles. The second kappa shape index (κ2) is 11.2. The van der Waals surface area contributed by atoms with Crippen molar-refractivity contribution in [1.82, 2.24) is 4.90 Å². The Labute approximate surface area is 142 Å². The van der Waals surface area contributed by atoms with Gasteiger partial charge in [-0.1, -0.05) is 57.7 Å². The molecule has 0 aliphatic rings. The average Bonchev–Trinajstić information content (AvgIpc) is 2.51. The topological polar surface area (TPSA) is 32.3 Å². The van der Waals surface area contributed by atoms with E-state index in [0.29, 0.717) is 6.54 Å². The minimum atomic E-state index is 0.107. The molecule has 3 heteroatoms. The average molecular weight is 319 g/mol. The zero-order valence-corrected chi connectivity index (χ0v) is 15.5. The van der Waals surface area contributed by atoms with Gasteiger partial charge in [-0.15, -0.1) is 0 Å². The minimum absolute atomic E-state index is 0.107. The Balaban J connectivity index is 2.56. The molecular weight excluding hydrogens is 284 g/mol. The van der Waals surface area contributed by atoms with Gasteiger partial charge in [0.25, 0.3) is 0 Å². The summed E-state index contributed by atoms with van der Waals surface area (Å²) in [6.45, 7) is 11.1. The summed E-state index contributed by atoms with van der Waals surface area (Å²) in [4.78, 5) is 14.8. The molecule has 0 heterocycles. The van der Waals surface area contributed by atoms with Crippen LogP contribution in [0.4, 0.5) is 5.69 Å². The molecule has 0 saturated carbocycles. The fraction of sp³-hybridized carbons (Fsp3) is 0.650. The summed E-state index contributed by atoms with van der Waals surface area (Å²) in [7, 11) is 0. The number of amides is 1. The van der Waals surface area contributed by atoms with Gasteiger partial charge in [0.05, 0.1) is 6.54 Å². The molecule has 0 aliphatic carbocycles. The van der Waals surface area contributed by atoms with Crippen molar-refractivity contribution in [3.63, 3.8) is 0 Å². The van der Waals surface area contributed by atoms with E-state index >= 15 is 0 Å². The number of unbranched alkanes of at least 4 members (excludes halogenated alkanes) is 4. The van der Waals surface area contributed by atoms with Gasteiger partial charge in [0.15, 0.2) is 0 Å². The monoisotopic (exact) mass is 318 g/mol. The first-order valence-electron chi connectivity index (χ1n) is 9.16. The zero-order chi connectivity index (χ0) is 17.1. The number of nitrogens with one attached hydrogen (secondary N) is 1. The maximum absolute atomic E-state index is 12.4. The highest BCUT2D eigenvalue weighted by Gasteiger charge is 2.12. The summed E-state index contributed by atoms with van der Waals surface area (Å²) in [5.41, 5.74) is 3.23. The van der Waals surface area contributed by atoms with Crippen LogP contribution in [0.15, 0.2) is 18.2 Å². The molecule has 0 saturated heterocycles. The summed E-state index contributed by atoms with van der Waals surface area (Å²) in [6.07, 6.45) is 7.28. The number of benzene rings is 1. The maximum atomic E-state index is 12.4. The molecule has 130 valence electrons. The van der Waals surface area contributed by atoms with E-state index in [1.807, 2.05) is 32.0 Å². The third kappa shape index (κ3) is 7.65. The Morgan fingerprint density at radius 1 is 0.957 bits per heavy atom. The molecule has 0 aliphatic heterocycles. The summed E-state index contributed by atoms with van der Waals surface area (Å²) in [6, 6.07) is 6.12. The first kappa shape index (κ1) is 19.7. The van der Waals surface area contributed by atoms with Crippen molar-refractivity contribution in [2.24, 2.45) is 0 Å². The van der Waals surface area contributed by atoms with Crippen molar-refractivity contribution in [2.75, 3.05) is 25.0 Å². The van der Waals surface area contributed by atoms with Crippen LogP contribution in [0.3, 0.4) is 0 Å². The van der Waals surface area contributed by atoms with Crippen LogP contribution in [0, 0.1) is 13.8 Å². The van der Waals surface area contributed by atoms with Crippen molar-refractivity contribution in [1.29, 1.82) is 0 Å². The molecule has 0 unspecified atom stereocenters. The molecule has 0 radical (unpaired) electrons. The summed E-state index contributed by atoms with van der Waals surface area (Å²) >= 11 is 0. The molecule has 0 fully saturated rings. The van der Waals surface area contributed by atoms with E-state index in [-0.39, 0.29) is 5.91 Å². The Morgan fingerprint density at radius 2 is 1.48 bits per heavy atom. The molecular formula is C20H34N2O. The summed E-state index contributed by atoms with van der Waals surface area (Å²) in [5.74, 6) is 0.107. The predicted octanol–water partition coefficient (Wildman–Crippen LogP) is 4.92. The molecule has 0 spiro atoms. The molecule has 3 nitrogen and oxygen atoms in total. The van der Waals surface area contributed by atoms with E-state index in [0.717, 1.165) is 29.9 Å². The fourth-order valence-corrected chi connectivity index (χ4v) is 2.83. The van der Waals surface area contributed by atoms with E-state index < -0.39 is 0 Å². The van der Waals surface area contributed by atoms with Gasteiger partial charge in [0.1, 0.15) is 0 Å². The molecule has 1 aromatic carbocycles. The third-order valence-electron chi connectivity index (χ3n) is 4.27. The number of hydrogen-bond acceptors (Lipinski definition) is 2. The highest BCUT2D eigenvalue weighted by atomic mass is 16.2. The SMILES string of the molecule is CCCCCN(CCCCC)CC(=O)Nc1c(C)cccc1C. The summed E-state index contributed by atoms with van der Waals surface area (Å²) < 4.78 is 0. The van der Waals surface area contributed by atoms with Crippen LogP contribution in [-0.4, -0.2) is 30.4 Å². The molecule has 1 N–H and O–H groups in total. The van der Waals surface area contributed by atoms with Crippen molar-refractivity contribution >= 4 is 11.6 Å². The molecule has 23 heavy (non-hydrogen) atoms. The number of aryl methyl sites for hydroxylation is 2. The molecule has 1 aromatic rings. The standard InChI is InChI=1S/C20H34N2O/c1-5-7-9-14-22(15-10-8-6-2)16-19(23)21-20-17(3)12-11-13-18(20)4/h11-13H,5-10,14-16H2,1-4H3,(H,21,23). The number of rotatable bonds is 11. The van der Waals surface area contributed by atoms with Gasteiger partial charge in [-0.3, -0.25) is 9.69 Å². The van der Waals surface area contributed by atoms with Crippen LogP contribution in [0.2, 0.25) is 0 Å². The number of para-hydroxylation sites is 1. The number of hydrogen-bond donors (Lipinski definition) is 1. The summed E-state index contributed by atoms with van der Waals surface area (Å²) in [5, 5.41) is 3.11. The van der Waals surface area contributed by atoms with Gasteiger partial charge in [-0.2, -0.15) is 0 Å². The molecule has 0 bridgehead atoms. The van der Waals surface area contributed by atoms with Gasteiger partial charge >= 0.3 is 0 Å². The smallest absolute Gasteiger partial charge is 0.238 e. The second-order valence-corrected chi connectivity index (χ2v) is 6.51. The van der Waals surface area contributed by atoms with Crippen molar-refractivity contribution < 1.29 is 4.79 Å². The van der Waals surface area contributed by atoms with Gasteiger partial charge in [-0.25, -0.2) is 0 Å². The van der Waals surface area contributed by atoms with Crippen molar-refractivity contribution in [3.05, 3.63) is 29.3 Å². The highest BCUT2D eigenvalue weighted by molar-refractivity contribution is 5.93. The van der Waals surface area contributed by atoms with Gasteiger partial charge in [0, 0.05) is 5.69 Å². The Hall–Kier alpha value is -1.35. The maximum Gasteiger partial charge on any atom is 0.238 e. The largest absolute Gasteiger partial charge is 0.324 e. The van der Waals surface area contributed by atoms with Gasteiger partial charge in [-0.05, 0) is 50.9 Å². The van der Waals surface area contributed by atoms with E-state index in [9.17, 15) is 4.79 Å². The predicted molar refractivity (Wildman–Crippen MR) is 100 cm³/mol.